The summed E-state index contributed by atoms with van der Waals surface area (Å²) in [5.74, 6) is 0. The van der Waals surface area contributed by atoms with E-state index in [2.05, 4.69) is 5.32 Å². The normalized spacial score (nSPS) is 12.3. The second-order valence-corrected chi connectivity index (χ2v) is 2.75. The molecule has 0 aromatic heterocycles. The molecule has 0 saturated heterocycles. The fourth-order valence-corrected chi connectivity index (χ4v) is 0.705. The lowest BCUT2D eigenvalue weighted by Gasteiger charge is -2.20. The van der Waals surface area contributed by atoms with E-state index in [1.807, 2.05) is 13.8 Å². The lowest BCUT2D eigenvalue weighted by atomic mass is 10.2. The Morgan fingerprint density at radius 1 is 1.58 bits per heavy atom. The van der Waals surface area contributed by atoms with Crippen LogP contribution in [0.4, 0.5) is 4.79 Å². The molecule has 0 radical (unpaired) electrons. The van der Waals surface area contributed by atoms with E-state index in [1.54, 1.807) is 11.9 Å². The molecule has 0 saturated carbocycles. The van der Waals surface area contributed by atoms with E-state index >= 15 is 0 Å². The molecule has 0 aromatic rings. The average Bonchev–Trinajstić information content (AvgIpc) is 2.12. The summed E-state index contributed by atoms with van der Waals surface area (Å²) in [5, 5.41) is 11.5. The van der Waals surface area contributed by atoms with Gasteiger partial charge in [-0.25, -0.2) is 4.79 Å². The van der Waals surface area contributed by atoms with Gasteiger partial charge in [0.25, 0.3) is 0 Å². The number of carbonyl (C=O) groups excluding carboxylic acids is 1. The highest BCUT2D eigenvalue weighted by atomic mass is 16.3. The van der Waals surface area contributed by atoms with Crippen LogP contribution in [0.2, 0.25) is 0 Å². The summed E-state index contributed by atoms with van der Waals surface area (Å²) in [5.41, 5.74) is 0. The SMILES string of the molecule is CC[C@H](CO)NC(=O)N(C)CC. The van der Waals surface area contributed by atoms with Crippen molar-refractivity contribution in [1.82, 2.24) is 10.2 Å². The van der Waals surface area contributed by atoms with Crippen LogP contribution < -0.4 is 5.32 Å². The van der Waals surface area contributed by atoms with Crippen LogP contribution >= 0.6 is 0 Å². The van der Waals surface area contributed by atoms with Gasteiger partial charge >= 0.3 is 6.03 Å². The molecule has 0 unspecified atom stereocenters. The van der Waals surface area contributed by atoms with Gasteiger partial charge in [0.05, 0.1) is 12.6 Å². The smallest absolute Gasteiger partial charge is 0.317 e. The molecule has 0 aliphatic rings. The van der Waals surface area contributed by atoms with E-state index < -0.39 is 0 Å². The third kappa shape index (κ3) is 3.57. The first-order valence-corrected chi connectivity index (χ1v) is 4.28. The van der Waals surface area contributed by atoms with Crippen LogP contribution in [0.15, 0.2) is 0 Å². The molecule has 0 bridgehead atoms. The van der Waals surface area contributed by atoms with Crippen molar-refractivity contribution in [3.05, 3.63) is 0 Å². The molecular formula is C8H18N2O2. The zero-order valence-electron chi connectivity index (χ0n) is 8.00. The van der Waals surface area contributed by atoms with Gasteiger partial charge in [-0.3, -0.25) is 0 Å². The number of hydrogen-bond donors (Lipinski definition) is 2. The van der Waals surface area contributed by atoms with Crippen LogP contribution in [-0.4, -0.2) is 42.3 Å². The van der Waals surface area contributed by atoms with Gasteiger partial charge in [-0.1, -0.05) is 6.92 Å². The molecule has 4 heteroatoms. The molecule has 0 fully saturated rings. The van der Waals surface area contributed by atoms with Crippen molar-refractivity contribution in [3.63, 3.8) is 0 Å². The molecule has 4 nitrogen and oxygen atoms in total. The lowest BCUT2D eigenvalue weighted by Crippen LogP contribution is -2.44. The predicted octanol–water partition coefficient (Wildman–Crippen LogP) is 0.419. The Morgan fingerprint density at radius 2 is 2.17 bits per heavy atom. The fraction of sp³-hybridized carbons (Fsp3) is 0.875. The molecule has 0 spiro atoms. The Hall–Kier alpha value is -0.770. The van der Waals surface area contributed by atoms with E-state index in [-0.39, 0.29) is 18.7 Å². The number of carbonyl (C=O) groups is 1. The van der Waals surface area contributed by atoms with Gasteiger partial charge in [-0.05, 0) is 13.3 Å². The third-order valence-electron chi connectivity index (χ3n) is 1.86. The summed E-state index contributed by atoms with van der Waals surface area (Å²) >= 11 is 0. The van der Waals surface area contributed by atoms with Crippen LogP contribution in [0.25, 0.3) is 0 Å². The summed E-state index contributed by atoms with van der Waals surface area (Å²) in [7, 11) is 1.72. The second kappa shape index (κ2) is 5.83. The van der Waals surface area contributed by atoms with Gasteiger partial charge in [0.1, 0.15) is 0 Å². The Balaban J connectivity index is 3.81. The highest BCUT2D eigenvalue weighted by molar-refractivity contribution is 5.74. The lowest BCUT2D eigenvalue weighted by molar-refractivity contribution is 0.191. The summed E-state index contributed by atoms with van der Waals surface area (Å²) in [6.45, 7) is 4.50. The quantitative estimate of drug-likeness (QED) is 0.649. The van der Waals surface area contributed by atoms with E-state index in [1.165, 1.54) is 0 Å². The van der Waals surface area contributed by atoms with Crippen molar-refractivity contribution in [3.8, 4) is 0 Å². The minimum atomic E-state index is -0.126. The fourth-order valence-electron chi connectivity index (χ4n) is 0.705. The van der Waals surface area contributed by atoms with Gasteiger partial charge in [0, 0.05) is 13.6 Å². The van der Waals surface area contributed by atoms with Crippen molar-refractivity contribution in [2.45, 2.75) is 26.3 Å². The van der Waals surface area contributed by atoms with Crippen LogP contribution in [-0.2, 0) is 0 Å². The van der Waals surface area contributed by atoms with E-state index in [0.717, 1.165) is 6.42 Å². The minimum Gasteiger partial charge on any atom is -0.394 e. The number of aliphatic hydroxyl groups is 1. The third-order valence-corrected chi connectivity index (χ3v) is 1.86. The van der Waals surface area contributed by atoms with E-state index in [0.29, 0.717) is 6.54 Å². The van der Waals surface area contributed by atoms with Crippen molar-refractivity contribution in [1.29, 1.82) is 0 Å². The van der Waals surface area contributed by atoms with Gasteiger partial charge in [-0.15, -0.1) is 0 Å². The molecule has 0 aromatic carbocycles. The topological polar surface area (TPSA) is 52.6 Å². The number of amides is 2. The molecule has 12 heavy (non-hydrogen) atoms. The molecule has 2 amide bonds. The number of nitrogens with one attached hydrogen (secondary N) is 1. The summed E-state index contributed by atoms with van der Waals surface area (Å²) < 4.78 is 0. The Kier molecular flexibility index (Phi) is 5.45. The van der Waals surface area contributed by atoms with Gasteiger partial charge in [-0.2, -0.15) is 0 Å². The molecule has 0 rings (SSSR count). The monoisotopic (exact) mass is 174 g/mol. The molecular weight excluding hydrogens is 156 g/mol. The number of aliphatic hydroxyl groups excluding tert-OH is 1. The summed E-state index contributed by atoms with van der Waals surface area (Å²) in [4.78, 5) is 12.8. The molecule has 0 aliphatic carbocycles. The maximum Gasteiger partial charge on any atom is 0.317 e. The standard InChI is InChI=1S/C8H18N2O2/c1-4-7(6-11)9-8(12)10(3)5-2/h7,11H,4-6H2,1-3H3,(H,9,12)/t7-/m1/s1. The molecule has 1 atom stereocenters. The van der Waals surface area contributed by atoms with Crippen molar-refractivity contribution in [2.75, 3.05) is 20.2 Å². The predicted molar refractivity (Wildman–Crippen MR) is 48.0 cm³/mol. The average molecular weight is 174 g/mol. The Morgan fingerprint density at radius 3 is 2.50 bits per heavy atom. The van der Waals surface area contributed by atoms with Crippen LogP contribution in [0.1, 0.15) is 20.3 Å². The van der Waals surface area contributed by atoms with E-state index in [4.69, 9.17) is 5.11 Å². The van der Waals surface area contributed by atoms with Crippen molar-refractivity contribution >= 4 is 6.03 Å². The zero-order valence-corrected chi connectivity index (χ0v) is 8.00. The number of urea groups is 1. The van der Waals surface area contributed by atoms with Crippen LogP contribution in [0, 0.1) is 0 Å². The Bertz CT molecular complexity index is 135. The summed E-state index contributed by atoms with van der Waals surface area (Å²) in [6.07, 6.45) is 0.750. The molecule has 2 N–H and O–H groups in total. The van der Waals surface area contributed by atoms with Crippen molar-refractivity contribution < 1.29 is 9.90 Å². The molecule has 0 heterocycles. The first kappa shape index (κ1) is 11.2. The number of rotatable bonds is 4. The molecule has 0 aliphatic heterocycles. The maximum absolute atomic E-state index is 11.2. The van der Waals surface area contributed by atoms with E-state index in [9.17, 15) is 4.79 Å². The van der Waals surface area contributed by atoms with Crippen molar-refractivity contribution in [2.24, 2.45) is 0 Å². The van der Waals surface area contributed by atoms with Crippen LogP contribution in [0.5, 0.6) is 0 Å². The summed E-state index contributed by atoms with van der Waals surface area (Å²) in [6, 6.07) is -0.245. The number of hydrogen-bond acceptors (Lipinski definition) is 2. The van der Waals surface area contributed by atoms with Gasteiger partial charge in [0.2, 0.25) is 0 Å². The minimum absolute atomic E-state index is 0.000204. The highest BCUT2D eigenvalue weighted by Gasteiger charge is 2.10. The Labute approximate surface area is 73.6 Å². The van der Waals surface area contributed by atoms with Crippen LogP contribution in [0.3, 0.4) is 0 Å². The molecule has 72 valence electrons. The zero-order chi connectivity index (χ0) is 9.56. The first-order valence-electron chi connectivity index (χ1n) is 4.28. The van der Waals surface area contributed by atoms with Gasteiger partial charge in [0.15, 0.2) is 0 Å². The second-order valence-electron chi connectivity index (χ2n) is 2.75. The largest absolute Gasteiger partial charge is 0.394 e. The highest BCUT2D eigenvalue weighted by Crippen LogP contribution is 1.91. The first-order chi connectivity index (χ1) is 5.65. The van der Waals surface area contributed by atoms with Gasteiger partial charge < -0.3 is 15.3 Å². The number of nitrogens with zero attached hydrogens (tertiary/aromatic N) is 1. The maximum atomic E-state index is 11.2.